The molecule has 0 N–H and O–H groups in total. The highest BCUT2D eigenvalue weighted by atomic mass is 16.5. The van der Waals surface area contributed by atoms with E-state index < -0.39 is 5.92 Å². The fourth-order valence-electron chi connectivity index (χ4n) is 1.77. The lowest BCUT2D eigenvalue weighted by Crippen LogP contribution is -2.16. The van der Waals surface area contributed by atoms with Crippen LogP contribution in [-0.4, -0.2) is 32.7 Å². The van der Waals surface area contributed by atoms with Crippen molar-refractivity contribution in [2.75, 3.05) is 6.61 Å². The summed E-state index contributed by atoms with van der Waals surface area (Å²) in [5.41, 5.74) is 0.501. The first-order valence-corrected chi connectivity index (χ1v) is 6.52. The van der Waals surface area contributed by atoms with E-state index in [4.69, 9.17) is 9.26 Å². The van der Waals surface area contributed by atoms with Crippen molar-refractivity contribution >= 4 is 5.97 Å². The van der Waals surface area contributed by atoms with Gasteiger partial charge in [0.05, 0.1) is 12.8 Å². The fraction of sp³-hybridized carbons (Fsp3) is 0.462. The van der Waals surface area contributed by atoms with Crippen LogP contribution >= 0.6 is 0 Å². The molecule has 0 fully saturated rings. The number of ether oxygens (including phenoxy) is 1. The van der Waals surface area contributed by atoms with Crippen LogP contribution in [0, 0.1) is 0 Å². The highest BCUT2D eigenvalue weighted by Gasteiger charge is 2.27. The van der Waals surface area contributed by atoms with Crippen LogP contribution < -0.4 is 0 Å². The van der Waals surface area contributed by atoms with Crippen molar-refractivity contribution in [1.29, 1.82) is 0 Å². The monoisotopic (exact) mass is 276 g/mol. The third kappa shape index (κ3) is 3.17. The Morgan fingerprint density at radius 3 is 2.90 bits per heavy atom. The Labute approximate surface area is 116 Å². The Morgan fingerprint density at radius 1 is 1.40 bits per heavy atom. The van der Waals surface area contributed by atoms with Gasteiger partial charge in [-0.25, -0.2) is 4.98 Å². The van der Waals surface area contributed by atoms with Crippen molar-refractivity contribution in [3.63, 3.8) is 0 Å². The van der Waals surface area contributed by atoms with Crippen molar-refractivity contribution in [2.24, 2.45) is 0 Å². The Hall–Kier alpha value is -2.31. The van der Waals surface area contributed by atoms with Gasteiger partial charge in [0.1, 0.15) is 11.6 Å². The molecule has 0 saturated carbocycles. The van der Waals surface area contributed by atoms with Crippen molar-refractivity contribution in [1.82, 2.24) is 20.1 Å². The third-order valence-corrected chi connectivity index (χ3v) is 2.68. The molecule has 0 bridgehead atoms. The molecule has 2 aromatic heterocycles. The van der Waals surface area contributed by atoms with Crippen LogP contribution in [0.3, 0.4) is 0 Å². The minimum absolute atomic E-state index is 0.256. The molecular formula is C13H16N4O3. The van der Waals surface area contributed by atoms with E-state index in [2.05, 4.69) is 20.1 Å². The number of nitrogens with zero attached hydrogens (tertiary/aromatic N) is 4. The van der Waals surface area contributed by atoms with Gasteiger partial charge in [0.2, 0.25) is 11.7 Å². The SMILES string of the molecule is CCCC(C(=O)OCC)c1nc(-c2cnccn2)no1. The van der Waals surface area contributed by atoms with Crippen LogP contribution in [0.5, 0.6) is 0 Å². The number of carbonyl (C=O) groups is 1. The first-order valence-electron chi connectivity index (χ1n) is 6.52. The van der Waals surface area contributed by atoms with Crippen molar-refractivity contribution in [3.05, 3.63) is 24.5 Å². The maximum Gasteiger partial charge on any atom is 0.318 e. The average molecular weight is 276 g/mol. The molecule has 1 unspecified atom stereocenters. The Kier molecular flexibility index (Phi) is 4.75. The largest absolute Gasteiger partial charge is 0.465 e. The molecule has 0 aliphatic carbocycles. The van der Waals surface area contributed by atoms with Gasteiger partial charge in [0, 0.05) is 12.4 Å². The molecule has 106 valence electrons. The van der Waals surface area contributed by atoms with Gasteiger partial charge in [0.25, 0.3) is 0 Å². The van der Waals surface area contributed by atoms with Crippen molar-refractivity contribution in [3.8, 4) is 11.5 Å². The van der Waals surface area contributed by atoms with Crippen LogP contribution in [-0.2, 0) is 9.53 Å². The van der Waals surface area contributed by atoms with E-state index >= 15 is 0 Å². The first-order chi connectivity index (χ1) is 9.76. The smallest absolute Gasteiger partial charge is 0.318 e. The molecular weight excluding hydrogens is 260 g/mol. The fourth-order valence-corrected chi connectivity index (χ4v) is 1.77. The summed E-state index contributed by atoms with van der Waals surface area (Å²) in [6.07, 6.45) is 6.05. The van der Waals surface area contributed by atoms with Crippen molar-refractivity contribution < 1.29 is 14.1 Å². The number of aromatic nitrogens is 4. The first kappa shape index (κ1) is 14.1. The predicted molar refractivity (Wildman–Crippen MR) is 69.6 cm³/mol. The van der Waals surface area contributed by atoms with Crippen LogP contribution in [0.4, 0.5) is 0 Å². The molecule has 0 aromatic carbocycles. The van der Waals surface area contributed by atoms with E-state index in [-0.39, 0.29) is 11.9 Å². The van der Waals surface area contributed by atoms with E-state index in [1.165, 1.54) is 6.20 Å². The zero-order valence-electron chi connectivity index (χ0n) is 11.4. The van der Waals surface area contributed by atoms with Crippen LogP contribution in [0.15, 0.2) is 23.1 Å². The highest BCUT2D eigenvalue weighted by molar-refractivity contribution is 5.76. The van der Waals surface area contributed by atoms with Gasteiger partial charge in [-0.1, -0.05) is 18.5 Å². The molecule has 0 aliphatic heterocycles. The molecule has 7 heteroatoms. The normalized spacial score (nSPS) is 12.1. The summed E-state index contributed by atoms with van der Waals surface area (Å²) in [4.78, 5) is 24.1. The summed E-state index contributed by atoms with van der Waals surface area (Å²) >= 11 is 0. The van der Waals surface area contributed by atoms with Gasteiger partial charge in [0.15, 0.2) is 0 Å². The standard InChI is InChI=1S/C13H16N4O3/c1-3-5-9(13(18)19-4-2)12-16-11(17-20-12)10-8-14-6-7-15-10/h6-9H,3-5H2,1-2H3. The Morgan fingerprint density at radius 2 is 2.25 bits per heavy atom. The molecule has 0 aliphatic rings. The second-order valence-corrected chi connectivity index (χ2v) is 4.14. The van der Waals surface area contributed by atoms with Crippen LogP contribution in [0.25, 0.3) is 11.5 Å². The number of esters is 1. The zero-order chi connectivity index (χ0) is 14.4. The van der Waals surface area contributed by atoms with Gasteiger partial charge in [-0.3, -0.25) is 9.78 Å². The molecule has 0 amide bonds. The molecule has 0 saturated heterocycles. The molecule has 0 radical (unpaired) electrons. The maximum atomic E-state index is 11.9. The number of rotatable bonds is 6. The third-order valence-electron chi connectivity index (χ3n) is 2.68. The van der Waals surface area contributed by atoms with Gasteiger partial charge in [-0.15, -0.1) is 0 Å². The zero-order valence-corrected chi connectivity index (χ0v) is 11.4. The Bertz CT molecular complexity index is 556. The molecule has 0 spiro atoms. The van der Waals surface area contributed by atoms with Crippen molar-refractivity contribution in [2.45, 2.75) is 32.6 Å². The minimum atomic E-state index is -0.530. The lowest BCUT2D eigenvalue weighted by Gasteiger charge is -2.09. The van der Waals surface area contributed by atoms with E-state index in [1.54, 1.807) is 19.3 Å². The summed E-state index contributed by atoms with van der Waals surface area (Å²) in [6, 6.07) is 0. The lowest BCUT2D eigenvalue weighted by atomic mass is 10.0. The Balaban J connectivity index is 2.23. The van der Waals surface area contributed by atoms with E-state index in [9.17, 15) is 4.79 Å². The van der Waals surface area contributed by atoms with E-state index in [0.717, 1.165) is 6.42 Å². The summed E-state index contributed by atoms with van der Waals surface area (Å²) in [6.45, 7) is 4.07. The topological polar surface area (TPSA) is 91.0 Å². The second-order valence-electron chi connectivity index (χ2n) is 4.14. The predicted octanol–water partition coefficient (Wildman–Crippen LogP) is 1.97. The molecule has 7 nitrogen and oxygen atoms in total. The van der Waals surface area contributed by atoms with Crippen LogP contribution in [0.1, 0.15) is 38.5 Å². The van der Waals surface area contributed by atoms with Crippen LogP contribution in [0.2, 0.25) is 0 Å². The number of hydrogen-bond acceptors (Lipinski definition) is 7. The van der Waals surface area contributed by atoms with E-state index in [0.29, 0.717) is 24.5 Å². The van der Waals surface area contributed by atoms with Gasteiger partial charge in [-0.2, -0.15) is 4.98 Å². The van der Waals surface area contributed by atoms with E-state index in [1.807, 2.05) is 6.92 Å². The summed E-state index contributed by atoms with van der Waals surface area (Å²) in [7, 11) is 0. The van der Waals surface area contributed by atoms with Gasteiger partial charge >= 0.3 is 5.97 Å². The van der Waals surface area contributed by atoms with Gasteiger partial charge < -0.3 is 9.26 Å². The minimum Gasteiger partial charge on any atom is -0.465 e. The summed E-state index contributed by atoms with van der Waals surface area (Å²) < 4.78 is 10.2. The summed E-state index contributed by atoms with van der Waals surface area (Å²) in [5.74, 6) is -0.300. The molecule has 2 rings (SSSR count). The second kappa shape index (κ2) is 6.74. The lowest BCUT2D eigenvalue weighted by molar-refractivity contribution is -0.145. The molecule has 2 aromatic rings. The van der Waals surface area contributed by atoms with Gasteiger partial charge in [-0.05, 0) is 13.3 Å². The number of hydrogen-bond donors (Lipinski definition) is 0. The highest BCUT2D eigenvalue weighted by Crippen LogP contribution is 2.23. The summed E-state index contributed by atoms with van der Waals surface area (Å²) in [5, 5.41) is 3.84. The molecule has 20 heavy (non-hydrogen) atoms. The maximum absolute atomic E-state index is 11.9. The number of carbonyl (C=O) groups excluding carboxylic acids is 1. The quantitative estimate of drug-likeness (QED) is 0.745. The molecule has 2 heterocycles. The molecule has 1 atom stereocenters. The average Bonchev–Trinajstić information content (AvgIpc) is 2.95.